The van der Waals surface area contributed by atoms with Crippen LogP contribution in [-0.2, 0) is 4.79 Å². The van der Waals surface area contributed by atoms with Gasteiger partial charge in [0.2, 0.25) is 0 Å². The Morgan fingerprint density at radius 1 is 0.952 bits per heavy atom. The molecular weight excluding hydrogens is 260 g/mol. The Bertz CT molecular complexity index is 281. The molecule has 0 heterocycles. The van der Waals surface area contributed by atoms with Crippen LogP contribution in [0.2, 0.25) is 0 Å². The van der Waals surface area contributed by atoms with Crippen molar-refractivity contribution in [2.75, 3.05) is 0 Å². The smallest absolute Gasteiger partial charge is 0.306 e. The van der Waals surface area contributed by atoms with Gasteiger partial charge in [-0.3, -0.25) is 4.79 Å². The summed E-state index contributed by atoms with van der Waals surface area (Å²) >= 11 is 0. The van der Waals surface area contributed by atoms with Gasteiger partial charge in [0.15, 0.2) is 0 Å². The van der Waals surface area contributed by atoms with Crippen LogP contribution in [0, 0.1) is 5.92 Å². The van der Waals surface area contributed by atoms with Crippen molar-refractivity contribution in [3.05, 3.63) is 24.8 Å². The molecule has 0 spiro atoms. The first-order valence-electron chi connectivity index (χ1n) is 8.71. The number of aliphatic carboxylic acids is 1. The fourth-order valence-corrected chi connectivity index (χ4v) is 2.54. The van der Waals surface area contributed by atoms with Crippen molar-refractivity contribution in [1.82, 2.24) is 0 Å². The van der Waals surface area contributed by atoms with E-state index in [4.69, 9.17) is 0 Å². The maximum atomic E-state index is 11.2. The lowest BCUT2D eigenvalue weighted by molar-refractivity contribution is -0.142. The maximum absolute atomic E-state index is 11.2. The monoisotopic (exact) mass is 294 g/mol. The minimum Gasteiger partial charge on any atom is -0.481 e. The molecule has 0 rings (SSSR count). The zero-order chi connectivity index (χ0) is 15.8. The summed E-state index contributed by atoms with van der Waals surface area (Å²) in [5.41, 5.74) is 0. The number of allylic oxidation sites excluding steroid dienone is 3. The molecule has 2 heteroatoms. The summed E-state index contributed by atoms with van der Waals surface area (Å²) in [4.78, 5) is 11.2. The third-order valence-electron chi connectivity index (χ3n) is 3.89. The first-order chi connectivity index (χ1) is 10.2. The Morgan fingerprint density at radius 2 is 1.52 bits per heavy atom. The van der Waals surface area contributed by atoms with Gasteiger partial charge < -0.3 is 5.11 Å². The number of carboxylic acid groups (broad SMARTS) is 1. The quantitative estimate of drug-likeness (QED) is 0.291. The Hall–Kier alpha value is -1.05. The number of unbranched alkanes of at least 4 members (excludes halogenated alkanes) is 7. The lowest BCUT2D eigenvalue weighted by Crippen LogP contribution is -2.13. The van der Waals surface area contributed by atoms with Gasteiger partial charge >= 0.3 is 5.97 Å². The third kappa shape index (κ3) is 13.7. The fraction of sp³-hybridized carbons (Fsp3) is 0.737. The van der Waals surface area contributed by atoms with Gasteiger partial charge in [-0.2, -0.15) is 0 Å². The molecule has 0 aliphatic heterocycles. The van der Waals surface area contributed by atoms with E-state index in [0.29, 0.717) is 0 Å². The Balaban J connectivity index is 3.61. The van der Waals surface area contributed by atoms with Crippen molar-refractivity contribution in [2.24, 2.45) is 5.92 Å². The van der Waals surface area contributed by atoms with E-state index in [1.807, 2.05) is 6.08 Å². The molecule has 1 unspecified atom stereocenters. The fourth-order valence-electron chi connectivity index (χ4n) is 2.54. The molecule has 1 atom stereocenters. The van der Waals surface area contributed by atoms with E-state index in [9.17, 15) is 9.90 Å². The Labute approximate surface area is 131 Å². The van der Waals surface area contributed by atoms with Gasteiger partial charge in [0, 0.05) is 0 Å². The van der Waals surface area contributed by atoms with Crippen LogP contribution in [0.15, 0.2) is 24.8 Å². The number of carboxylic acids is 1. The highest BCUT2D eigenvalue weighted by Crippen LogP contribution is 2.18. The molecule has 21 heavy (non-hydrogen) atoms. The molecule has 0 amide bonds. The van der Waals surface area contributed by atoms with Gasteiger partial charge in [0.25, 0.3) is 0 Å². The van der Waals surface area contributed by atoms with Crippen molar-refractivity contribution in [3.8, 4) is 0 Å². The molecule has 0 saturated carbocycles. The van der Waals surface area contributed by atoms with Crippen LogP contribution in [0.3, 0.4) is 0 Å². The molecule has 0 radical (unpaired) electrons. The van der Waals surface area contributed by atoms with Gasteiger partial charge in [0.1, 0.15) is 0 Å². The summed E-state index contributed by atoms with van der Waals surface area (Å²) in [7, 11) is 0. The van der Waals surface area contributed by atoms with Crippen LogP contribution in [0.4, 0.5) is 0 Å². The summed E-state index contributed by atoms with van der Waals surface area (Å²) in [6.45, 7) is 5.85. The van der Waals surface area contributed by atoms with Crippen LogP contribution in [0.1, 0.15) is 84.0 Å². The number of hydrogen-bond acceptors (Lipinski definition) is 1. The zero-order valence-electron chi connectivity index (χ0n) is 13.9. The second-order valence-corrected chi connectivity index (χ2v) is 5.83. The Morgan fingerprint density at radius 3 is 2.14 bits per heavy atom. The van der Waals surface area contributed by atoms with Gasteiger partial charge in [-0.25, -0.2) is 0 Å². The van der Waals surface area contributed by atoms with E-state index in [1.54, 1.807) is 0 Å². The van der Waals surface area contributed by atoms with Crippen LogP contribution in [0.5, 0.6) is 0 Å². The minimum absolute atomic E-state index is 0.131. The molecule has 2 nitrogen and oxygen atoms in total. The van der Waals surface area contributed by atoms with E-state index in [2.05, 4.69) is 25.7 Å². The van der Waals surface area contributed by atoms with Gasteiger partial charge in [-0.05, 0) is 44.9 Å². The molecule has 122 valence electrons. The largest absolute Gasteiger partial charge is 0.481 e. The summed E-state index contributed by atoms with van der Waals surface area (Å²) in [5.74, 6) is -0.737. The molecule has 0 aliphatic rings. The first-order valence-corrected chi connectivity index (χ1v) is 8.71. The van der Waals surface area contributed by atoms with Crippen LogP contribution in [0.25, 0.3) is 0 Å². The molecule has 0 aromatic heterocycles. The van der Waals surface area contributed by atoms with E-state index >= 15 is 0 Å². The van der Waals surface area contributed by atoms with Crippen molar-refractivity contribution in [1.29, 1.82) is 0 Å². The summed E-state index contributed by atoms with van der Waals surface area (Å²) in [6.07, 6.45) is 19.4. The predicted octanol–water partition coefficient (Wildman–Crippen LogP) is 6.13. The van der Waals surface area contributed by atoms with Crippen molar-refractivity contribution in [3.63, 3.8) is 0 Å². The van der Waals surface area contributed by atoms with E-state index in [-0.39, 0.29) is 5.92 Å². The number of hydrogen-bond donors (Lipinski definition) is 1. The minimum atomic E-state index is -0.606. The van der Waals surface area contributed by atoms with Crippen molar-refractivity contribution in [2.45, 2.75) is 84.0 Å². The predicted molar refractivity (Wildman–Crippen MR) is 91.5 cm³/mol. The molecule has 0 saturated heterocycles. The highest BCUT2D eigenvalue weighted by molar-refractivity contribution is 5.69. The standard InChI is InChI=1S/C19H34O2/c1-3-5-7-9-11-13-15-17-18(19(20)21)16-14-12-10-8-6-4-2/h3,6,8,18H,1,4-5,7,9-17H2,2H3,(H,20,21). The van der Waals surface area contributed by atoms with Crippen molar-refractivity contribution >= 4 is 5.97 Å². The lowest BCUT2D eigenvalue weighted by Gasteiger charge is -2.11. The average molecular weight is 294 g/mol. The second kappa shape index (κ2) is 15.3. The highest BCUT2D eigenvalue weighted by Gasteiger charge is 2.15. The van der Waals surface area contributed by atoms with Crippen LogP contribution >= 0.6 is 0 Å². The number of carbonyl (C=O) groups is 1. The summed E-state index contributed by atoms with van der Waals surface area (Å²) in [5, 5.41) is 9.26. The topological polar surface area (TPSA) is 37.3 Å². The molecule has 1 N–H and O–H groups in total. The third-order valence-corrected chi connectivity index (χ3v) is 3.89. The summed E-state index contributed by atoms with van der Waals surface area (Å²) in [6, 6.07) is 0. The second-order valence-electron chi connectivity index (χ2n) is 5.83. The molecule has 0 fully saturated rings. The van der Waals surface area contributed by atoms with E-state index < -0.39 is 5.97 Å². The number of rotatable bonds is 15. The van der Waals surface area contributed by atoms with Crippen LogP contribution < -0.4 is 0 Å². The van der Waals surface area contributed by atoms with Gasteiger partial charge in [-0.15, -0.1) is 6.58 Å². The molecule has 0 aromatic carbocycles. The zero-order valence-corrected chi connectivity index (χ0v) is 13.9. The van der Waals surface area contributed by atoms with Gasteiger partial charge in [0.05, 0.1) is 5.92 Å². The highest BCUT2D eigenvalue weighted by atomic mass is 16.4. The molecule has 0 aliphatic carbocycles. The normalized spacial score (nSPS) is 12.6. The van der Waals surface area contributed by atoms with Gasteiger partial charge in [-0.1, -0.05) is 57.3 Å². The average Bonchev–Trinajstić information content (AvgIpc) is 2.47. The summed E-state index contributed by atoms with van der Waals surface area (Å²) < 4.78 is 0. The lowest BCUT2D eigenvalue weighted by atomic mass is 9.94. The maximum Gasteiger partial charge on any atom is 0.306 e. The van der Waals surface area contributed by atoms with E-state index in [0.717, 1.165) is 51.4 Å². The molecule has 0 aromatic rings. The Kier molecular flexibility index (Phi) is 14.6. The van der Waals surface area contributed by atoms with Crippen molar-refractivity contribution < 1.29 is 9.90 Å². The molecular formula is C19H34O2. The SMILES string of the molecule is C=CCCCCCCCC(CCCCC=CCC)C(=O)O. The first kappa shape index (κ1) is 19.9. The van der Waals surface area contributed by atoms with E-state index in [1.165, 1.54) is 25.7 Å². The molecule has 0 bridgehead atoms. The van der Waals surface area contributed by atoms with Crippen LogP contribution in [-0.4, -0.2) is 11.1 Å².